The number of hydrogen-bond donors (Lipinski definition) is 0. The minimum atomic E-state index is 0.0529. The molecule has 4 aromatic rings. The summed E-state index contributed by atoms with van der Waals surface area (Å²) < 4.78 is 7.70. The minimum Gasteiger partial charge on any atom is -0.365 e. The lowest BCUT2D eigenvalue weighted by Gasteiger charge is -2.40. The third-order valence-corrected chi connectivity index (χ3v) is 14.9. The second-order valence-corrected chi connectivity index (χ2v) is 19.9. The fourth-order valence-electron chi connectivity index (χ4n) is 10.9. The van der Waals surface area contributed by atoms with Gasteiger partial charge < -0.3 is 4.74 Å². The van der Waals surface area contributed by atoms with Crippen molar-refractivity contribution in [3.05, 3.63) is 95.6 Å². The van der Waals surface area contributed by atoms with Crippen molar-refractivity contribution in [1.82, 2.24) is 19.9 Å². The van der Waals surface area contributed by atoms with Gasteiger partial charge in [0.25, 0.3) is 0 Å². The topological polar surface area (TPSA) is 60.8 Å². The summed E-state index contributed by atoms with van der Waals surface area (Å²) in [6.07, 6.45) is 44.5. The van der Waals surface area contributed by atoms with Gasteiger partial charge in [-0.25, -0.2) is 19.9 Å². The van der Waals surface area contributed by atoms with E-state index in [1.165, 1.54) is 189 Å². The van der Waals surface area contributed by atoms with Crippen LogP contribution in [0, 0.1) is 23.7 Å². The summed E-state index contributed by atoms with van der Waals surface area (Å²) in [5.41, 5.74) is 7.28. The van der Waals surface area contributed by atoms with Gasteiger partial charge in [0.05, 0.1) is 12.2 Å². The van der Waals surface area contributed by atoms with Crippen molar-refractivity contribution in [2.75, 3.05) is 0 Å². The molecule has 0 N–H and O–H groups in total. The van der Waals surface area contributed by atoms with Gasteiger partial charge in [-0.15, -0.1) is 0 Å². The van der Waals surface area contributed by atoms with E-state index < -0.39 is 0 Å². The van der Waals surface area contributed by atoms with E-state index in [2.05, 4.69) is 101 Å². The molecule has 2 aliphatic carbocycles. The van der Waals surface area contributed by atoms with Crippen LogP contribution < -0.4 is 0 Å². The lowest BCUT2D eigenvalue weighted by molar-refractivity contribution is -0.0907. The molecule has 2 aromatic carbocycles. The van der Waals surface area contributed by atoms with E-state index in [0.717, 1.165) is 47.5 Å². The number of unbranched alkanes of at least 4 members (excludes halogenated alkanes) is 12. The molecular formula is C58H86N4O. The van der Waals surface area contributed by atoms with Crippen molar-refractivity contribution < 1.29 is 4.74 Å². The Morgan fingerprint density at radius 3 is 1.08 bits per heavy atom. The van der Waals surface area contributed by atoms with Gasteiger partial charge in [0.1, 0.15) is 0 Å². The zero-order valence-electron chi connectivity index (χ0n) is 40.4. The molecule has 2 atom stereocenters. The molecule has 344 valence electrons. The molecule has 0 bridgehead atoms. The zero-order valence-corrected chi connectivity index (χ0v) is 40.4. The van der Waals surface area contributed by atoms with Crippen molar-refractivity contribution >= 4 is 0 Å². The van der Waals surface area contributed by atoms with Gasteiger partial charge in [0, 0.05) is 35.9 Å². The minimum absolute atomic E-state index is 0.0529. The Hall–Kier alpha value is -3.44. The Morgan fingerprint density at radius 1 is 0.413 bits per heavy atom. The van der Waals surface area contributed by atoms with Gasteiger partial charge in [-0.05, 0) is 97.3 Å². The van der Waals surface area contributed by atoms with Crippen molar-refractivity contribution in [2.45, 2.75) is 220 Å². The summed E-state index contributed by atoms with van der Waals surface area (Å²) in [5.74, 6) is 4.37. The summed E-state index contributed by atoms with van der Waals surface area (Å²) in [7, 11) is 0. The van der Waals surface area contributed by atoms with Crippen LogP contribution >= 0.6 is 0 Å². The quantitative estimate of drug-likeness (QED) is 0.0533. The van der Waals surface area contributed by atoms with E-state index in [0.29, 0.717) is 11.8 Å². The van der Waals surface area contributed by atoms with Crippen LogP contribution in [0.1, 0.15) is 229 Å². The summed E-state index contributed by atoms with van der Waals surface area (Å²) in [6.45, 7) is 9.26. The third kappa shape index (κ3) is 15.9. The Kier molecular flexibility index (Phi) is 21.6. The number of ether oxygens (including phenoxy) is 1. The number of benzene rings is 2. The van der Waals surface area contributed by atoms with Gasteiger partial charge in [0.2, 0.25) is 0 Å². The fourth-order valence-corrected chi connectivity index (χ4v) is 10.9. The van der Waals surface area contributed by atoms with E-state index in [1.54, 1.807) is 0 Å². The highest BCUT2D eigenvalue weighted by molar-refractivity contribution is 5.56. The van der Waals surface area contributed by atoms with Crippen LogP contribution in [-0.4, -0.2) is 19.9 Å². The van der Waals surface area contributed by atoms with Gasteiger partial charge in [-0.2, -0.15) is 0 Å². The standard InChI is InChI=1S/C58H86N4O/c1-5-9-11-13-15-17-19-23-47-41-59-57(60-42-47)53-37-33-51(34-38-53)55(49-29-25-45(21-7-3)26-30-49)63-56(50-31-27-46(22-8-4)28-32-50)52-35-39-54(40-36-52)58-61-43-48(44-62-58)24-20-18-16-14-12-10-6-2/h33-46,49-50,55-56H,5-32H2,1-4H3. The Balaban J connectivity index is 1.16. The number of nitrogens with zero attached hydrogens (tertiary/aromatic N) is 4. The summed E-state index contributed by atoms with van der Waals surface area (Å²) in [4.78, 5) is 19.4. The highest BCUT2D eigenvalue weighted by Crippen LogP contribution is 2.47. The number of aryl methyl sites for hydroxylation is 2. The molecule has 0 radical (unpaired) electrons. The van der Waals surface area contributed by atoms with Crippen LogP contribution in [0.25, 0.3) is 22.8 Å². The lowest BCUT2D eigenvalue weighted by atomic mass is 9.75. The van der Waals surface area contributed by atoms with Gasteiger partial charge in [-0.3, -0.25) is 0 Å². The first-order valence-corrected chi connectivity index (χ1v) is 26.6. The maximum Gasteiger partial charge on any atom is 0.159 e. The van der Waals surface area contributed by atoms with E-state index in [-0.39, 0.29) is 12.2 Å². The molecule has 2 aromatic heterocycles. The first-order chi connectivity index (χ1) is 31.1. The SMILES string of the molecule is CCCCCCCCCc1cnc(-c2ccc(C(OC(c3ccc(-c4ncc(CCCCCCCCC)cn4)cc3)C3CCC(CCC)CC3)C3CCC(CCC)CC3)cc2)nc1. The lowest BCUT2D eigenvalue weighted by Crippen LogP contribution is -2.28. The average molecular weight is 855 g/mol. The monoisotopic (exact) mass is 855 g/mol. The van der Waals surface area contributed by atoms with E-state index in [1.807, 2.05) is 0 Å². The molecule has 2 saturated carbocycles. The molecule has 2 fully saturated rings. The van der Waals surface area contributed by atoms with Crippen LogP contribution in [0.4, 0.5) is 0 Å². The van der Waals surface area contributed by atoms with Crippen LogP contribution in [0.2, 0.25) is 0 Å². The maximum absolute atomic E-state index is 7.70. The van der Waals surface area contributed by atoms with E-state index in [4.69, 9.17) is 24.7 Å². The van der Waals surface area contributed by atoms with E-state index >= 15 is 0 Å². The number of rotatable bonds is 28. The van der Waals surface area contributed by atoms with Crippen molar-refractivity contribution in [2.24, 2.45) is 23.7 Å². The molecule has 63 heavy (non-hydrogen) atoms. The Labute approximate surface area is 384 Å². The predicted octanol–water partition coefficient (Wildman–Crippen LogP) is 17.2. The smallest absolute Gasteiger partial charge is 0.159 e. The van der Waals surface area contributed by atoms with Crippen molar-refractivity contribution in [3.8, 4) is 22.8 Å². The zero-order chi connectivity index (χ0) is 43.9. The normalized spacial score (nSPS) is 20.1. The largest absolute Gasteiger partial charge is 0.365 e. The average Bonchev–Trinajstić information content (AvgIpc) is 3.33. The molecule has 6 rings (SSSR count). The highest BCUT2D eigenvalue weighted by Gasteiger charge is 2.36. The summed E-state index contributed by atoms with van der Waals surface area (Å²) in [5, 5.41) is 0. The Bertz CT molecular complexity index is 1640. The van der Waals surface area contributed by atoms with Crippen molar-refractivity contribution in [3.63, 3.8) is 0 Å². The first kappa shape index (κ1) is 49.0. The van der Waals surface area contributed by atoms with Crippen molar-refractivity contribution in [1.29, 1.82) is 0 Å². The van der Waals surface area contributed by atoms with Gasteiger partial charge in [0.15, 0.2) is 11.6 Å². The highest BCUT2D eigenvalue weighted by atomic mass is 16.5. The molecule has 2 heterocycles. The molecule has 0 spiro atoms. The predicted molar refractivity (Wildman–Crippen MR) is 266 cm³/mol. The summed E-state index contributed by atoms with van der Waals surface area (Å²) >= 11 is 0. The van der Waals surface area contributed by atoms with Crippen LogP contribution in [0.3, 0.4) is 0 Å². The van der Waals surface area contributed by atoms with Crippen LogP contribution in [0.5, 0.6) is 0 Å². The molecule has 5 nitrogen and oxygen atoms in total. The third-order valence-electron chi connectivity index (χ3n) is 14.9. The molecular weight excluding hydrogens is 769 g/mol. The van der Waals surface area contributed by atoms with Crippen LogP contribution in [0.15, 0.2) is 73.3 Å². The second kappa shape index (κ2) is 27.8. The molecule has 0 saturated heterocycles. The Morgan fingerprint density at radius 2 is 0.746 bits per heavy atom. The maximum atomic E-state index is 7.70. The number of aromatic nitrogens is 4. The van der Waals surface area contributed by atoms with Crippen LogP contribution in [-0.2, 0) is 17.6 Å². The molecule has 0 amide bonds. The van der Waals surface area contributed by atoms with Gasteiger partial charge in [-0.1, -0.05) is 205 Å². The second-order valence-electron chi connectivity index (χ2n) is 19.9. The van der Waals surface area contributed by atoms with E-state index in [9.17, 15) is 0 Å². The molecule has 2 unspecified atom stereocenters. The number of hydrogen-bond acceptors (Lipinski definition) is 5. The fraction of sp³-hybridized carbons (Fsp3) is 0.655. The van der Waals surface area contributed by atoms with Gasteiger partial charge >= 0.3 is 0 Å². The molecule has 2 aliphatic rings. The molecule has 5 heteroatoms. The summed E-state index contributed by atoms with van der Waals surface area (Å²) in [6, 6.07) is 18.3. The first-order valence-electron chi connectivity index (χ1n) is 26.6. The molecule has 0 aliphatic heterocycles.